The average molecular weight is 673 g/mol. The van der Waals surface area contributed by atoms with Crippen molar-refractivity contribution in [3.8, 4) is 22.9 Å². The predicted octanol–water partition coefficient (Wildman–Crippen LogP) is 10.5. The Kier molecular flexibility index (Phi) is 11.8. The van der Waals surface area contributed by atoms with Crippen LogP contribution in [0.3, 0.4) is 0 Å². The van der Waals surface area contributed by atoms with Crippen molar-refractivity contribution in [2.24, 2.45) is 0 Å². The molecule has 262 valence electrons. The van der Waals surface area contributed by atoms with Crippen LogP contribution >= 0.6 is 0 Å². The first-order chi connectivity index (χ1) is 24.5. The number of phenols is 2. The van der Waals surface area contributed by atoms with E-state index in [1.54, 1.807) is 9.59 Å². The number of aryl methyl sites for hydroxylation is 2. The Bertz CT molecular complexity index is 1800. The van der Waals surface area contributed by atoms with Crippen LogP contribution in [0.5, 0.6) is 11.5 Å². The normalized spacial score (nSPS) is 11.8. The number of fused-ring (bicyclic) bond motifs is 2. The predicted molar refractivity (Wildman–Crippen MR) is 203 cm³/mol. The first kappa shape index (κ1) is 35.1. The maximum atomic E-state index is 12.0. The van der Waals surface area contributed by atoms with E-state index in [9.17, 15) is 10.2 Å². The Morgan fingerprint density at radius 3 is 1.20 bits per heavy atom. The minimum atomic E-state index is -0.337. The van der Waals surface area contributed by atoms with Crippen LogP contribution in [0.4, 0.5) is 0 Å². The summed E-state index contributed by atoms with van der Waals surface area (Å²) in [6.07, 6.45) is 16.2. The van der Waals surface area contributed by atoms with Gasteiger partial charge in [0, 0.05) is 17.0 Å². The number of nitrogens with zero attached hydrogens (tertiary/aromatic N) is 6. The van der Waals surface area contributed by atoms with Crippen LogP contribution in [0.1, 0.15) is 126 Å². The Morgan fingerprint density at radius 2 is 0.840 bits per heavy atom. The molecule has 6 rings (SSSR count). The number of phenolic OH excluding ortho intramolecular Hbond substituents is 2. The molecule has 50 heavy (non-hydrogen) atoms. The summed E-state index contributed by atoms with van der Waals surface area (Å²) < 4.78 is 0. The average Bonchev–Trinajstić information content (AvgIpc) is 3.77. The zero-order valence-electron chi connectivity index (χ0n) is 30.0. The van der Waals surface area contributed by atoms with Gasteiger partial charge in [0.15, 0.2) is 0 Å². The fraction of sp³-hybridized carbons (Fsp3) is 0.429. The molecule has 0 fully saturated rings. The Morgan fingerprint density at radius 1 is 0.500 bits per heavy atom. The molecule has 2 aromatic heterocycles. The second-order valence-corrected chi connectivity index (χ2v) is 13.8. The molecule has 0 spiro atoms. The molecular weight excluding hydrogens is 621 g/mol. The van der Waals surface area contributed by atoms with Crippen LogP contribution in [-0.2, 0) is 12.8 Å². The van der Waals surface area contributed by atoms with Gasteiger partial charge < -0.3 is 10.2 Å². The number of rotatable bonds is 18. The van der Waals surface area contributed by atoms with Crippen LogP contribution in [0.25, 0.3) is 33.4 Å². The van der Waals surface area contributed by atoms with Gasteiger partial charge >= 0.3 is 0 Å². The lowest BCUT2D eigenvalue weighted by Gasteiger charge is -2.21. The highest BCUT2D eigenvalue weighted by Crippen LogP contribution is 2.42. The molecule has 0 atom stereocenters. The van der Waals surface area contributed by atoms with E-state index in [1.165, 1.54) is 64.2 Å². The molecule has 0 aliphatic carbocycles. The summed E-state index contributed by atoms with van der Waals surface area (Å²) in [6.45, 7) is 6.54. The molecule has 0 radical (unpaired) electrons. The molecule has 0 aliphatic heterocycles. The zero-order valence-corrected chi connectivity index (χ0v) is 30.0. The first-order valence-electron chi connectivity index (χ1n) is 18.8. The maximum absolute atomic E-state index is 12.0. The molecule has 8 nitrogen and oxygen atoms in total. The van der Waals surface area contributed by atoms with Gasteiger partial charge in [-0.15, -0.1) is 30.0 Å². The van der Waals surface area contributed by atoms with Gasteiger partial charge in [0.25, 0.3) is 0 Å². The summed E-state index contributed by atoms with van der Waals surface area (Å²) in [5, 5.41) is 42.9. The van der Waals surface area contributed by atoms with Gasteiger partial charge in [0.1, 0.15) is 44.9 Å². The summed E-state index contributed by atoms with van der Waals surface area (Å²) >= 11 is 0. The van der Waals surface area contributed by atoms with E-state index in [-0.39, 0.29) is 17.4 Å². The third kappa shape index (κ3) is 8.18. The van der Waals surface area contributed by atoms with Gasteiger partial charge in [-0.3, -0.25) is 0 Å². The number of aromatic hydroxyl groups is 2. The highest BCUT2D eigenvalue weighted by Gasteiger charge is 2.25. The molecule has 2 heterocycles. The standard InChI is InChI=1S/C42H52N6O2/c1-4-6-8-10-12-14-20-31-26-33(41(49)39(28-31)47-43-35-22-16-17-23-36(35)44-47)30(3)34-27-32(21-15-13-11-9-7-5-2)29-40(42(34)50)48-45-37-24-18-19-25-38(37)46-48/h16-19,22-30,49-50H,4-15,20-21H2,1-3H3. The Hall–Kier alpha value is -4.72. The van der Waals surface area contributed by atoms with Gasteiger partial charge in [0.2, 0.25) is 0 Å². The molecule has 8 heteroatoms. The van der Waals surface area contributed by atoms with Gasteiger partial charge in [-0.25, -0.2) is 0 Å². The molecule has 4 aromatic carbocycles. The third-order valence-electron chi connectivity index (χ3n) is 9.93. The van der Waals surface area contributed by atoms with Gasteiger partial charge in [0.05, 0.1) is 0 Å². The van der Waals surface area contributed by atoms with Crippen LogP contribution in [0.15, 0.2) is 72.8 Å². The van der Waals surface area contributed by atoms with E-state index < -0.39 is 0 Å². The second-order valence-electron chi connectivity index (χ2n) is 13.8. The molecule has 2 N–H and O–H groups in total. The number of unbranched alkanes of at least 4 members (excludes halogenated alkanes) is 10. The van der Waals surface area contributed by atoms with E-state index in [0.29, 0.717) is 11.4 Å². The minimum Gasteiger partial charge on any atom is -0.505 e. The smallest absolute Gasteiger partial charge is 0.146 e. The van der Waals surface area contributed by atoms with Crippen molar-refractivity contribution < 1.29 is 10.2 Å². The maximum Gasteiger partial charge on any atom is 0.146 e. The molecule has 0 amide bonds. The third-order valence-corrected chi connectivity index (χ3v) is 9.93. The molecule has 0 saturated heterocycles. The molecule has 0 unspecified atom stereocenters. The molecule has 0 aliphatic rings. The van der Waals surface area contributed by atoms with Crippen molar-refractivity contribution in [1.82, 2.24) is 30.0 Å². The number of hydrogen-bond donors (Lipinski definition) is 2. The highest BCUT2D eigenvalue weighted by molar-refractivity contribution is 5.75. The van der Waals surface area contributed by atoms with E-state index in [4.69, 9.17) is 20.4 Å². The summed E-state index contributed by atoms with van der Waals surface area (Å²) in [4.78, 5) is 3.11. The van der Waals surface area contributed by atoms with Gasteiger partial charge in [-0.05, 0) is 73.2 Å². The minimum absolute atomic E-state index is 0.120. The lowest BCUT2D eigenvalue weighted by atomic mass is 9.87. The molecular formula is C42H52N6O2. The summed E-state index contributed by atoms with van der Waals surface area (Å²) in [6, 6.07) is 23.8. The Balaban J connectivity index is 1.39. The topological polar surface area (TPSA) is 102 Å². The van der Waals surface area contributed by atoms with Crippen LogP contribution in [0, 0.1) is 0 Å². The van der Waals surface area contributed by atoms with Crippen molar-refractivity contribution >= 4 is 22.1 Å². The summed E-state index contributed by atoms with van der Waals surface area (Å²) in [7, 11) is 0. The van der Waals surface area contributed by atoms with Crippen molar-refractivity contribution in [1.29, 1.82) is 0 Å². The summed E-state index contributed by atoms with van der Waals surface area (Å²) in [5.74, 6) is -0.0964. The van der Waals surface area contributed by atoms with Crippen LogP contribution < -0.4 is 0 Å². The largest absolute Gasteiger partial charge is 0.505 e. The van der Waals surface area contributed by atoms with Crippen molar-refractivity contribution in [3.05, 3.63) is 95.1 Å². The van der Waals surface area contributed by atoms with E-state index in [2.05, 4.69) is 32.9 Å². The number of benzene rings is 4. The quantitative estimate of drug-likeness (QED) is 0.0881. The number of hydrogen-bond acceptors (Lipinski definition) is 6. The van der Waals surface area contributed by atoms with E-state index >= 15 is 0 Å². The first-order valence-corrected chi connectivity index (χ1v) is 18.8. The molecule has 6 aromatic rings. The van der Waals surface area contributed by atoms with Crippen LogP contribution in [0.2, 0.25) is 0 Å². The zero-order chi connectivity index (χ0) is 34.9. The van der Waals surface area contributed by atoms with Gasteiger partial charge in [-0.1, -0.05) is 121 Å². The number of aromatic nitrogens is 6. The van der Waals surface area contributed by atoms with Gasteiger partial charge in [-0.2, -0.15) is 0 Å². The second kappa shape index (κ2) is 16.8. The monoisotopic (exact) mass is 672 g/mol. The lowest BCUT2D eigenvalue weighted by Crippen LogP contribution is -2.08. The Labute approximate surface area is 296 Å². The highest BCUT2D eigenvalue weighted by atomic mass is 16.3. The van der Waals surface area contributed by atoms with Crippen molar-refractivity contribution in [2.45, 2.75) is 117 Å². The van der Waals surface area contributed by atoms with E-state index in [0.717, 1.165) is 70.0 Å². The SMILES string of the molecule is CCCCCCCCc1cc(C(C)c2cc(CCCCCCCC)cc(-n3nc4ccccc4n3)c2O)c(O)c(-n2nc3ccccc3n2)c1. The fourth-order valence-electron chi connectivity index (χ4n) is 6.98. The molecule has 0 saturated carbocycles. The molecule has 0 bridgehead atoms. The van der Waals surface area contributed by atoms with Crippen molar-refractivity contribution in [3.63, 3.8) is 0 Å². The lowest BCUT2D eigenvalue weighted by molar-refractivity contribution is 0.449. The van der Waals surface area contributed by atoms with Crippen LogP contribution in [-0.4, -0.2) is 40.2 Å². The van der Waals surface area contributed by atoms with Crippen molar-refractivity contribution in [2.75, 3.05) is 0 Å². The summed E-state index contributed by atoms with van der Waals surface area (Å²) in [5.41, 5.74) is 7.90. The fourth-order valence-corrected chi connectivity index (χ4v) is 6.98. The van der Waals surface area contributed by atoms with E-state index in [1.807, 2.05) is 60.7 Å².